The minimum Gasteiger partial charge on any atom is -0.392 e. The number of hydrogen-bond acceptors (Lipinski definition) is 10. The van der Waals surface area contributed by atoms with Crippen molar-refractivity contribution in [2.45, 2.75) is 13.2 Å². The van der Waals surface area contributed by atoms with E-state index in [0.717, 1.165) is 48.7 Å². The van der Waals surface area contributed by atoms with Crippen molar-refractivity contribution >= 4 is 34.6 Å². The Morgan fingerprint density at radius 3 is 1.39 bits per heavy atom. The van der Waals surface area contributed by atoms with Crippen LogP contribution in [0.5, 0.6) is 0 Å². The fraction of sp³-hybridized carbons (Fsp3) is 0.294. The van der Waals surface area contributed by atoms with Crippen LogP contribution in [0.4, 0.5) is 22.7 Å². The predicted molar refractivity (Wildman–Crippen MR) is 175 cm³/mol. The van der Waals surface area contributed by atoms with E-state index >= 15 is 0 Å². The van der Waals surface area contributed by atoms with Crippen molar-refractivity contribution in [3.05, 3.63) is 108 Å². The SMILES string of the molecule is O=C(Nc1ccc(CO)cc1N1CCOCC1)c1ccccn1.O=C(Nc1ccc(CO)cc1N1CCOCC1)c1ccccn1. The number of aromatic nitrogens is 2. The van der Waals surface area contributed by atoms with Gasteiger partial charge in [0.1, 0.15) is 11.4 Å². The van der Waals surface area contributed by atoms with Crippen LogP contribution in [0.3, 0.4) is 0 Å². The van der Waals surface area contributed by atoms with Gasteiger partial charge in [-0.3, -0.25) is 19.6 Å². The van der Waals surface area contributed by atoms with Crippen molar-refractivity contribution in [1.82, 2.24) is 9.97 Å². The molecule has 0 aliphatic carbocycles. The van der Waals surface area contributed by atoms with Gasteiger partial charge in [0.05, 0.1) is 62.4 Å². The monoisotopic (exact) mass is 626 g/mol. The third-order valence-corrected chi connectivity index (χ3v) is 7.48. The predicted octanol–water partition coefficient (Wildman–Crippen LogP) is 3.33. The van der Waals surface area contributed by atoms with Crippen molar-refractivity contribution < 1.29 is 29.3 Å². The van der Waals surface area contributed by atoms with Crippen molar-refractivity contribution in [2.75, 3.05) is 73.0 Å². The summed E-state index contributed by atoms with van der Waals surface area (Å²) < 4.78 is 10.8. The van der Waals surface area contributed by atoms with Crippen LogP contribution in [0.25, 0.3) is 0 Å². The molecule has 2 aromatic carbocycles. The van der Waals surface area contributed by atoms with E-state index in [0.29, 0.717) is 49.2 Å². The summed E-state index contributed by atoms with van der Waals surface area (Å²) in [7, 11) is 0. The van der Waals surface area contributed by atoms with Crippen molar-refractivity contribution in [3.8, 4) is 0 Å². The Balaban J connectivity index is 0.000000181. The van der Waals surface area contributed by atoms with Crippen molar-refractivity contribution in [3.63, 3.8) is 0 Å². The summed E-state index contributed by atoms with van der Waals surface area (Å²) in [6.45, 7) is 5.53. The van der Waals surface area contributed by atoms with E-state index in [-0.39, 0.29) is 25.0 Å². The fourth-order valence-corrected chi connectivity index (χ4v) is 5.06. The molecule has 2 saturated heterocycles. The third-order valence-electron chi connectivity index (χ3n) is 7.48. The first kappa shape index (κ1) is 32.5. The Kier molecular flexibility index (Phi) is 11.6. The Morgan fingerprint density at radius 1 is 0.630 bits per heavy atom. The number of hydrogen-bond donors (Lipinski definition) is 4. The van der Waals surface area contributed by atoms with Gasteiger partial charge in [0, 0.05) is 38.6 Å². The zero-order chi connectivity index (χ0) is 32.1. The maximum absolute atomic E-state index is 12.3. The number of morpholine rings is 2. The summed E-state index contributed by atoms with van der Waals surface area (Å²) in [6.07, 6.45) is 3.18. The number of amides is 2. The van der Waals surface area contributed by atoms with Crippen LogP contribution in [-0.4, -0.2) is 84.6 Å². The van der Waals surface area contributed by atoms with Gasteiger partial charge in [0.25, 0.3) is 11.8 Å². The second-order valence-electron chi connectivity index (χ2n) is 10.6. The molecule has 4 N–H and O–H groups in total. The molecule has 2 aliphatic heterocycles. The van der Waals surface area contributed by atoms with E-state index in [9.17, 15) is 19.8 Å². The Labute approximate surface area is 267 Å². The summed E-state index contributed by atoms with van der Waals surface area (Å²) in [4.78, 5) is 37.1. The average molecular weight is 627 g/mol. The van der Waals surface area contributed by atoms with E-state index < -0.39 is 0 Å². The molecule has 46 heavy (non-hydrogen) atoms. The summed E-state index contributed by atoms with van der Waals surface area (Å²) in [5, 5.41) is 24.6. The average Bonchev–Trinajstić information content (AvgIpc) is 3.13. The number of carbonyl (C=O) groups is 2. The van der Waals surface area contributed by atoms with Gasteiger partial charge >= 0.3 is 0 Å². The number of nitrogens with zero attached hydrogens (tertiary/aromatic N) is 4. The van der Waals surface area contributed by atoms with E-state index in [1.54, 1.807) is 60.9 Å². The van der Waals surface area contributed by atoms with Crippen molar-refractivity contribution in [1.29, 1.82) is 0 Å². The number of ether oxygens (including phenoxy) is 2. The third kappa shape index (κ3) is 8.64. The van der Waals surface area contributed by atoms with E-state index in [1.165, 1.54) is 0 Å². The highest BCUT2D eigenvalue weighted by molar-refractivity contribution is 6.05. The molecule has 0 radical (unpaired) electrons. The van der Waals surface area contributed by atoms with Gasteiger partial charge < -0.3 is 40.1 Å². The lowest BCUT2D eigenvalue weighted by Gasteiger charge is -2.31. The molecule has 240 valence electrons. The molecule has 0 atom stereocenters. The van der Waals surface area contributed by atoms with Crippen LogP contribution in [-0.2, 0) is 22.7 Å². The van der Waals surface area contributed by atoms with Gasteiger partial charge in [-0.15, -0.1) is 0 Å². The molecule has 2 aliphatic rings. The maximum Gasteiger partial charge on any atom is 0.274 e. The van der Waals surface area contributed by atoms with Gasteiger partial charge in [-0.05, 0) is 59.7 Å². The van der Waals surface area contributed by atoms with E-state index in [1.807, 2.05) is 24.3 Å². The zero-order valence-corrected chi connectivity index (χ0v) is 25.5. The Bertz CT molecular complexity index is 1460. The molecule has 0 bridgehead atoms. The van der Waals surface area contributed by atoms with Gasteiger partial charge in [0.2, 0.25) is 0 Å². The molecule has 2 aromatic heterocycles. The molecule has 0 spiro atoms. The molecule has 12 heteroatoms. The lowest BCUT2D eigenvalue weighted by Crippen LogP contribution is -2.36. The van der Waals surface area contributed by atoms with E-state index in [2.05, 4.69) is 30.4 Å². The topological polar surface area (TPSA) is 149 Å². The number of benzene rings is 2. The quantitative estimate of drug-likeness (QED) is 0.230. The maximum atomic E-state index is 12.3. The number of rotatable bonds is 8. The smallest absolute Gasteiger partial charge is 0.274 e. The Morgan fingerprint density at radius 2 is 1.04 bits per heavy atom. The van der Waals surface area contributed by atoms with Crippen LogP contribution in [0, 0.1) is 0 Å². The number of carbonyl (C=O) groups excluding carboxylic acids is 2. The molecule has 4 aromatic rings. The number of anilines is 4. The minimum absolute atomic E-state index is 0.0359. The molecule has 0 unspecified atom stereocenters. The molecular formula is C34H38N6O6. The van der Waals surface area contributed by atoms with E-state index in [4.69, 9.17) is 9.47 Å². The van der Waals surface area contributed by atoms with Crippen LogP contribution in [0.15, 0.2) is 85.2 Å². The van der Waals surface area contributed by atoms with Crippen LogP contribution in [0.2, 0.25) is 0 Å². The summed E-state index contributed by atoms with van der Waals surface area (Å²) >= 11 is 0. The Hall–Kier alpha value is -4.88. The van der Waals surface area contributed by atoms with Gasteiger partial charge in [-0.2, -0.15) is 0 Å². The van der Waals surface area contributed by atoms with Gasteiger partial charge in [-0.25, -0.2) is 0 Å². The summed E-state index contributed by atoms with van der Waals surface area (Å²) in [5.74, 6) is -0.506. The van der Waals surface area contributed by atoms with Crippen LogP contribution in [0.1, 0.15) is 32.1 Å². The number of aliphatic hydroxyl groups is 2. The standard InChI is InChI=1S/2C17H19N3O3/c2*21-12-13-4-5-14(16(11-13)20-7-9-23-10-8-20)19-17(22)15-3-1-2-6-18-15/h2*1-6,11,21H,7-10,12H2,(H,19,22). The highest BCUT2D eigenvalue weighted by Gasteiger charge is 2.19. The molecule has 2 fully saturated rings. The normalized spacial score (nSPS) is 14.6. The van der Waals surface area contributed by atoms with Crippen molar-refractivity contribution in [2.24, 2.45) is 0 Å². The van der Waals surface area contributed by atoms with Gasteiger partial charge in [-0.1, -0.05) is 24.3 Å². The molecular weight excluding hydrogens is 588 g/mol. The van der Waals surface area contributed by atoms with Gasteiger partial charge in [0.15, 0.2) is 0 Å². The zero-order valence-electron chi connectivity index (χ0n) is 25.5. The largest absolute Gasteiger partial charge is 0.392 e. The molecule has 2 amide bonds. The first-order chi connectivity index (χ1) is 22.6. The highest BCUT2D eigenvalue weighted by atomic mass is 16.5. The number of nitrogens with one attached hydrogen (secondary N) is 2. The van der Waals surface area contributed by atoms with Crippen LogP contribution < -0.4 is 20.4 Å². The molecule has 12 nitrogen and oxygen atoms in total. The molecule has 0 saturated carbocycles. The highest BCUT2D eigenvalue weighted by Crippen LogP contribution is 2.30. The number of pyridine rings is 2. The first-order valence-electron chi connectivity index (χ1n) is 15.1. The first-order valence-corrected chi connectivity index (χ1v) is 15.1. The molecule has 4 heterocycles. The lowest BCUT2D eigenvalue weighted by molar-refractivity contribution is 0.101. The second-order valence-corrected chi connectivity index (χ2v) is 10.6. The van der Waals surface area contributed by atoms with Crippen LogP contribution >= 0.6 is 0 Å². The number of aliphatic hydroxyl groups excluding tert-OH is 2. The summed E-state index contributed by atoms with van der Waals surface area (Å²) in [5.41, 5.74) is 5.55. The lowest BCUT2D eigenvalue weighted by atomic mass is 10.1. The molecule has 6 rings (SSSR count). The minimum atomic E-state index is -0.253. The second kappa shape index (κ2) is 16.4. The summed E-state index contributed by atoms with van der Waals surface area (Å²) in [6, 6.07) is 21.5. The fourth-order valence-electron chi connectivity index (χ4n) is 5.06.